The van der Waals surface area contributed by atoms with Crippen LogP contribution < -0.4 is 21.3 Å². The summed E-state index contributed by atoms with van der Waals surface area (Å²) in [6, 6.07) is 8.89. The van der Waals surface area contributed by atoms with Crippen molar-refractivity contribution in [2.45, 2.75) is 19.4 Å². The van der Waals surface area contributed by atoms with Gasteiger partial charge >= 0.3 is 0 Å². The number of para-hydroxylation sites is 1. The third-order valence-electron chi connectivity index (χ3n) is 2.71. The highest BCUT2D eigenvalue weighted by molar-refractivity contribution is 5.97. The van der Waals surface area contributed by atoms with E-state index < -0.39 is 17.9 Å². The van der Waals surface area contributed by atoms with Crippen molar-refractivity contribution in [1.82, 2.24) is 21.2 Å². The highest BCUT2D eigenvalue weighted by atomic mass is 16.6. The molecule has 0 bridgehead atoms. The summed E-state index contributed by atoms with van der Waals surface area (Å²) >= 11 is 0. The molecule has 0 aliphatic carbocycles. The first kappa shape index (κ1) is 15.3. The number of aromatic nitrogens is 2. The molecule has 0 spiro atoms. The average Bonchev–Trinajstić information content (AvgIpc) is 2.97. The van der Waals surface area contributed by atoms with Crippen molar-refractivity contribution in [3.8, 4) is 5.75 Å². The van der Waals surface area contributed by atoms with Crippen molar-refractivity contribution in [1.29, 1.82) is 0 Å². The smallest absolute Gasteiger partial charge is 0.295 e. The molecule has 22 heavy (non-hydrogen) atoms. The number of hydrogen-bond acceptors (Lipinski definition) is 7. The second kappa shape index (κ2) is 7.07. The quantitative estimate of drug-likeness (QED) is 0.675. The molecule has 2 amide bonds. The summed E-state index contributed by atoms with van der Waals surface area (Å²) < 4.78 is 9.84. The van der Waals surface area contributed by atoms with Crippen LogP contribution in [-0.4, -0.2) is 28.2 Å². The lowest BCUT2D eigenvalue weighted by atomic mass is 10.2. The van der Waals surface area contributed by atoms with Crippen LogP contribution in [0.25, 0.3) is 0 Å². The Labute approximate surface area is 125 Å². The van der Waals surface area contributed by atoms with Gasteiger partial charge in [0.1, 0.15) is 5.75 Å². The number of anilines is 1. The van der Waals surface area contributed by atoms with Gasteiger partial charge < -0.3 is 10.5 Å². The number of carbonyl (C=O) groups is 2. The first-order chi connectivity index (χ1) is 10.6. The van der Waals surface area contributed by atoms with Crippen LogP contribution in [0.1, 0.15) is 23.8 Å². The molecule has 0 saturated heterocycles. The number of ether oxygens (including phenoxy) is 1. The summed E-state index contributed by atoms with van der Waals surface area (Å²) in [6.45, 7) is 1.79. The van der Waals surface area contributed by atoms with Gasteiger partial charge in [-0.3, -0.25) is 20.4 Å². The lowest BCUT2D eigenvalue weighted by Gasteiger charge is -2.17. The van der Waals surface area contributed by atoms with E-state index in [4.69, 9.17) is 10.5 Å². The van der Waals surface area contributed by atoms with Crippen LogP contribution in [0.15, 0.2) is 35.0 Å². The maximum atomic E-state index is 12.0. The molecule has 1 aromatic carbocycles. The van der Waals surface area contributed by atoms with Crippen LogP contribution in [0.4, 0.5) is 5.82 Å². The molecule has 2 aromatic rings. The first-order valence-electron chi connectivity index (χ1n) is 6.51. The van der Waals surface area contributed by atoms with Crippen LogP contribution in [0.2, 0.25) is 0 Å². The van der Waals surface area contributed by atoms with Gasteiger partial charge in [-0.1, -0.05) is 25.1 Å². The summed E-state index contributed by atoms with van der Waals surface area (Å²) in [4.78, 5) is 23.7. The van der Waals surface area contributed by atoms with Crippen molar-refractivity contribution in [3.63, 3.8) is 0 Å². The van der Waals surface area contributed by atoms with E-state index >= 15 is 0 Å². The monoisotopic (exact) mass is 305 g/mol. The molecule has 0 aliphatic rings. The predicted octanol–water partition coefficient (Wildman–Crippen LogP) is 0.270. The van der Waals surface area contributed by atoms with Gasteiger partial charge in [0.15, 0.2) is 6.10 Å². The predicted molar refractivity (Wildman–Crippen MR) is 75.5 cm³/mol. The van der Waals surface area contributed by atoms with E-state index in [0.717, 1.165) is 0 Å². The largest absolute Gasteiger partial charge is 0.481 e. The van der Waals surface area contributed by atoms with Gasteiger partial charge in [-0.2, -0.15) is 0 Å². The summed E-state index contributed by atoms with van der Waals surface area (Å²) in [7, 11) is 0. The molecule has 2 rings (SSSR count). The number of carbonyl (C=O) groups excluding carboxylic acids is 2. The van der Waals surface area contributed by atoms with E-state index in [2.05, 4.69) is 25.8 Å². The molecule has 1 aromatic heterocycles. The van der Waals surface area contributed by atoms with Crippen LogP contribution in [0.3, 0.4) is 0 Å². The molecule has 0 radical (unpaired) electrons. The van der Waals surface area contributed by atoms with Gasteiger partial charge in [0.25, 0.3) is 11.8 Å². The van der Waals surface area contributed by atoms with E-state index in [0.29, 0.717) is 12.2 Å². The van der Waals surface area contributed by atoms with Gasteiger partial charge in [0.05, 0.1) is 0 Å². The molecule has 0 fully saturated rings. The maximum absolute atomic E-state index is 12.0. The summed E-state index contributed by atoms with van der Waals surface area (Å²) in [5.74, 6) is -0.850. The van der Waals surface area contributed by atoms with E-state index in [1.54, 1.807) is 31.2 Å². The van der Waals surface area contributed by atoms with Crippen molar-refractivity contribution < 1.29 is 19.0 Å². The Bertz CT molecular complexity index is 643. The normalized spacial score (nSPS) is 11.5. The summed E-state index contributed by atoms with van der Waals surface area (Å²) in [5.41, 5.74) is 9.57. The van der Waals surface area contributed by atoms with Gasteiger partial charge in [-0.25, -0.2) is 4.63 Å². The Hall–Kier alpha value is -3.10. The number of nitrogens with zero attached hydrogens (tertiary/aromatic N) is 2. The van der Waals surface area contributed by atoms with Crippen LogP contribution in [0.5, 0.6) is 5.75 Å². The molecule has 9 heteroatoms. The van der Waals surface area contributed by atoms with Crippen LogP contribution in [-0.2, 0) is 4.79 Å². The van der Waals surface area contributed by atoms with Gasteiger partial charge in [0, 0.05) is 0 Å². The van der Waals surface area contributed by atoms with Crippen LogP contribution in [0, 0.1) is 0 Å². The lowest BCUT2D eigenvalue weighted by molar-refractivity contribution is -0.128. The topological polar surface area (TPSA) is 132 Å². The highest BCUT2D eigenvalue weighted by Gasteiger charge is 2.21. The second-order valence-electron chi connectivity index (χ2n) is 4.27. The van der Waals surface area contributed by atoms with Gasteiger partial charge in [-0.05, 0) is 28.9 Å². The van der Waals surface area contributed by atoms with Crippen molar-refractivity contribution in [2.75, 3.05) is 5.73 Å². The third-order valence-corrected chi connectivity index (χ3v) is 2.71. The minimum Gasteiger partial charge on any atom is -0.481 e. The van der Waals surface area contributed by atoms with E-state index in [9.17, 15) is 9.59 Å². The SMILES string of the molecule is CC[C@H](Oc1ccccc1)C(=O)NNC(=O)c1nonc1N. The number of hydrazine groups is 1. The molecule has 9 nitrogen and oxygen atoms in total. The molecule has 1 atom stereocenters. The van der Waals surface area contributed by atoms with E-state index in [1.165, 1.54) is 0 Å². The molecular formula is C13H15N5O4. The molecule has 0 unspecified atom stereocenters. The Morgan fingerprint density at radius 2 is 2.00 bits per heavy atom. The van der Waals surface area contributed by atoms with Gasteiger partial charge in [0.2, 0.25) is 11.5 Å². The molecular weight excluding hydrogens is 290 g/mol. The first-order valence-corrected chi connectivity index (χ1v) is 6.51. The fraction of sp³-hybridized carbons (Fsp3) is 0.231. The Kier molecular flexibility index (Phi) is 4.91. The molecule has 4 N–H and O–H groups in total. The van der Waals surface area contributed by atoms with E-state index in [1.807, 2.05) is 6.07 Å². The Morgan fingerprint density at radius 1 is 1.27 bits per heavy atom. The molecule has 0 aliphatic heterocycles. The number of nitrogens with one attached hydrogen (secondary N) is 2. The Balaban J connectivity index is 1.90. The Morgan fingerprint density at radius 3 is 2.59 bits per heavy atom. The molecule has 1 heterocycles. The second-order valence-corrected chi connectivity index (χ2v) is 4.27. The summed E-state index contributed by atoms with van der Waals surface area (Å²) in [6.07, 6.45) is -0.333. The van der Waals surface area contributed by atoms with E-state index in [-0.39, 0.29) is 11.5 Å². The number of nitrogens with two attached hydrogens (primary N) is 1. The number of hydrogen-bond donors (Lipinski definition) is 3. The summed E-state index contributed by atoms with van der Waals surface area (Å²) in [5, 5.41) is 6.59. The minimum atomic E-state index is -0.754. The highest BCUT2D eigenvalue weighted by Crippen LogP contribution is 2.12. The minimum absolute atomic E-state index is 0.167. The molecule has 0 saturated carbocycles. The number of nitrogen functional groups attached to an aromatic ring is 1. The zero-order valence-corrected chi connectivity index (χ0v) is 11.8. The maximum Gasteiger partial charge on any atom is 0.295 e. The van der Waals surface area contributed by atoms with Crippen molar-refractivity contribution in [2.24, 2.45) is 0 Å². The van der Waals surface area contributed by atoms with Crippen molar-refractivity contribution in [3.05, 3.63) is 36.0 Å². The zero-order valence-electron chi connectivity index (χ0n) is 11.8. The van der Waals surface area contributed by atoms with Gasteiger partial charge in [-0.15, -0.1) is 0 Å². The average molecular weight is 305 g/mol. The van der Waals surface area contributed by atoms with Crippen LogP contribution >= 0.6 is 0 Å². The third kappa shape index (κ3) is 3.72. The number of amides is 2. The zero-order chi connectivity index (χ0) is 15.9. The fourth-order valence-electron chi connectivity index (χ4n) is 1.60. The number of benzene rings is 1. The molecule has 116 valence electrons. The van der Waals surface area contributed by atoms with Crippen molar-refractivity contribution >= 4 is 17.6 Å². The fourth-order valence-corrected chi connectivity index (χ4v) is 1.60. The number of rotatable bonds is 5. The lowest BCUT2D eigenvalue weighted by Crippen LogP contribution is -2.48. The standard InChI is InChI=1S/C13H15N5O4/c1-2-9(21-8-6-4-3-5-7-8)12(19)15-16-13(20)10-11(14)18-22-17-10/h3-7,9H,2H2,1H3,(H2,14,18)(H,15,19)(H,16,20)/t9-/m0/s1.